The highest BCUT2D eigenvalue weighted by molar-refractivity contribution is 6.27. The topological polar surface area (TPSA) is 74.6 Å². The van der Waals surface area contributed by atoms with Crippen molar-refractivity contribution in [3.05, 3.63) is 0 Å². The molecule has 0 amide bonds. The third kappa shape index (κ3) is 14.2. The van der Waals surface area contributed by atoms with Crippen LogP contribution in [-0.2, 0) is 9.59 Å². The van der Waals surface area contributed by atoms with Crippen LogP contribution >= 0.6 is 0 Å². The van der Waals surface area contributed by atoms with Gasteiger partial charge in [-0.2, -0.15) is 0 Å². The molecular weight excluding hydrogens is 294 g/mol. The highest BCUT2D eigenvalue weighted by Gasteiger charge is 2.24. The number of rotatable bonds is 12. The number of carbonyl (C=O) groups is 2. The molecule has 0 bridgehead atoms. The van der Waals surface area contributed by atoms with Gasteiger partial charge >= 0.3 is 11.9 Å². The van der Waals surface area contributed by atoms with Gasteiger partial charge in [-0.25, -0.2) is 9.59 Å². The Balaban J connectivity index is 0. The average Bonchev–Trinajstić information content (AvgIpc) is 2.54. The molecule has 0 fully saturated rings. The first-order chi connectivity index (χ1) is 10.9. The maximum absolute atomic E-state index is 9.10. The lowest BCUT2D eigenvalue weighted by Gasteiger charge is -2.39. The largest absolute Gasteiger partial charge is 0.473 e. The number of unbranched alkanes of at least 4 members (excludes halogenated alkanes) is 4. The molecule has 0 aromatic rings. The van der Waals surface area contributed by atoms with Crippen molar-refractivity contribution in [2.45, 2.75) is 79.1 Å². The number of aliphatic carboxylic acids is 2. The van der Waals surface area contributed by atoms with E-state index in [4.69, 9.17) is 19.8 Å². The van der Waals surface area contributed by atoms with Gasteiger partial charge < -0.3 is 14.7 Å². The molecule has 0 radical (unpaired) electrons. The highest BCUT2D eigenvalue weighted by atomic mass is 16.4. The summed E-state index contributed by atoms with van der Waals surface area (Å²) in [5, 5.41) is 14.8. The molecule has 5 heteroatoms. The predicted octanol–water partition coefficient (Wildman–Crippen LogP) is 4.16. The van der Waals surface area contributed by atoms with Gasteiger partial charge in [0, 0.05) is 0 Å². The van der Waals surface area contributed by atoms with E-state index >= 15 is 0 Å². The van der Waals surface area contributed by atoms with Gasteiger partial charge in [-0.05, 0) is 25.7 Å². The van der Waals surface area contributed by atoms with Crippen molar-refractivity contribution in [3.63, 3.8) is 0 Å². The minimum absolute atomic E-state index is 1.35. The minimum Gasteiger partial charge on any atom is -0.473 e. The SMILES string of the molecule is CCCC[N+](CCCC)(CCCC)CCCC.O=C(O)C(=O)O. The van der Waals surface area contributed by atoms with Crippen molar-refractivity contribution >= 4 is 11.9 Å². The third-order valence-electron chi connectivity index (χ3n) is 4.13. The van der Waals surface area contributed by atoms with Gasteiger partial charge in [0.05, 0.1) is 26.2 Å². The quantitative estimate of drug-likeness (QED) is 0.416. The van der Waals surface area contributed by atoms with Crippen LogP contribution in [0.1, 0.15) is 79.1 Å². The Morgan fingerprint density at radius 2 is 0.826 bits per heavy atom. The molecule has 0 aliphatic carbocycles. The van der Waals surface area contributed by atoms with Gasteiger partial charge in [0.1, 0.15) is 0 Å². The predicted molar refractivity (Wildman–Crippen MR) is 94.6 cm³/mol. The normalized spacial score (nSPS) is 10.8. The van der Waals surface area contributed by atoms with E-state index in [-0.39, 0.29) is 0 Å². The van der Waals surface area contributed by atoms with E-state index in [0.29, 0.717) is 0 Å². The molecule has 0 spiro atoms. The maximum atomic E-state index is 9.10. The molecule has 0 rings (SSSR count). The summed E-state index contributed by atoms with van der Waals surface area (Å²) in [6.45, 7) is 15.0. The summed E-state index contributed by atoms with van der Waals surface area (Å²) in [6.07, 6.45) is 11.1. The summed E-state index contributed by atoms with van der Waals surface area (Å²) in [5.74, 6) is -3.65. The van der Waals surface area contributed by atoms with Crippen molar-refractivity contribution in [1.82, 2.24) is 0 Å². The van der Waals surface area contributed by atoms with Crippen molar-refractivity contribution < 1.29 is 24.3 Å². The molecule has 0 aliphatic heterocycles. The first-order valence-corrected chi connectivity index (χ1v) is 9.20. The maximum Gasteiger partial charge on any atom is 0.414 e. The Hall–Kier alpha value is -1.10. The minimum atomic E-state index is -1.82. The second-order valence-corrected chi connectivity index (χ2v) is 6.26. The number of hydrogen-bond acceptors (Lipinski definition) is 2. The lowest BCUT2D eigenvalue weighted by molar-refractivity contribution is -0.929. The first-order valence-electron chi connectivity index (χ1n) is 9.20. The average molecular weight is 333 g/mol. The van der Waals surface area contributed by atoms with E-state index in [2.05, 4.69) is 27.7 Å². The summed E-state index contributed by atoms with van der Waals surface area (Å²) in [7, 11) is 0. The molecule has 0 saturated heterocycles. The zero-order chi connectivity index (χ0) is 18.1. The second-order valence-electron chi connectivity index (χ2n) is 6.26. The Kier molecular flexibility index (Phi) is 16.6. The van der Waals surface area contributed by atoms with Gasteiger partial charge in [-0.1, -0.05) is 53.4 Å². The standard InChI is InChI=1S/C16H36N.C2H2O4/c1-5-9-13-17(14-10-6-2,15-11-7-3)16-12-8-4;3-1(4)2(5)6/h5-16H2,1-4H3;(H,3,4)(H,5,6)/q+1;. The van der Waals surface area contributed by atoms with Crippen LogP contribution in [0.4, 0.5) is 0 Å². The molecule has 5 nitrogen and oxygen atoms in total. The summed E-state index contributed by atoms with van der Waals surface area (Å²) < 4.78 is 1.42. The molecule has 23 heavy (non-hydrogen) atoms. The summed E-state index contributed by atoms with van der Waals surface area (Å²) in [4.78, 5) is 18.2. The monoisotopic (exact) mass is 332 g/mol. The van der Waals surface area contributed by atoms with E-state index in [1.165, 1.54) is 82.0 Å². The fourth-order valence-electron chi connectivity index (χ4n) is 2.64. The van der Waals surface area contributed by atoms with Crippen molar-refractivity contribution in [1.29, 1.82) is 0 Å². The molecule has 138 valence electrons. The fourth-order valence-corrected chi connectivity index (χ4v) is 2.64. The zero-order valence-corrected chi connectivity index (χ0v) is 15.6. The van der Waals surface area contributed by atoms with E-state index in [0.717, 1.165) is 0 Å². The van der Waals surface area contributed by atoms with Gasteiger partial charge in [0.25, 0.3) is 0 Å². The van der Waals surface area contributed by atoms with Gasteiger partial charge in [0.15, 0.2) is 0 Å². The van der Waals surface area contributed by atoms with E-state index in [9.17, 15) is 0 Å². The molecular formula is C18H38NO4+. The molecule has 2 N–H and O–H groups in total. The van der Waals surface area contributed by atoms with E-state index in [1.54, 1.807) is 0 Å². The Bertz CT molecular complexity index is 256. The van der Waals surface area contributed by atoms with Crippen LogP contribution in [0.25, 0.3) is 0 Å². The van der Waals surface area contributed by atoms with E-state index < -0.39 is 11.9 Å². The van der Waals surface area contributed by atoms with Crippen LogP contribution in [0, 0.1) is 0 Å². The van der Waals surface area contributed by atoms with Crippen molar-refractivity contribution in [2.75, 3.05) is 26.2 Å². The van der Waals surface area contributed by atoms with E-state index in [1.807, 2.05) is 0 Å². The number of hydrogen-bond donors (Lipinski definition) is 2. The third-order valence-corrected chi connectivity index (χ3v) is 4.13. The number of carboxylic acid groups (broad SMARTS) is 2. The first kappa shape index (κ1) is 24.2. The van der Waals surface area contributed by atoms with Crippen molar-refractivity contribution in [2.24, 2.45) is 0 Å². The van der Waals surface area contributed by atoms with Gasteiger partial charge in [-0.15, -0.1) is 0 Å². The molecule has 0 aromatic heterocycles. The van der Waals surface area contributed by atoms with Crippen molar-refractivity contribution in [3.8, 4) is 0 Å². The van der Waals surface area contributed by atoms with Gasteiger partial charge in [0.2, 0.25) is 0 Å². The van der Waals surface area contributed by atoms with Crippen LogP contribution in [0.2, 0.25) is 0 Å². The molecule has 0 unspecified atom stereocenters. The molecule has 0 heterocycles. The Labute approximate surface area is 142 Å². The second kappa shape index (κ2) is 15.8. The zero-order valence-electron chi connectivity index (χ0n) is 15.6. The number of carboxylic acids is 2. The lowest BCUT2D eigenvalue weighted by Crippen LogP contribution is -2.50. The molecule has 0 saturated carbocycles. The summed E-state index contributed by atoms with van der Waals surface area (Å²) in [6, 6.07) is 0. The van der Waals surface area contributed by atoms with Crippen LogP contribution in [0.15, 0.2) is 0 Å². The van der Waals surface area contributed by atoms with Crippen LogP contribution < -0.4 is 0 Å². The Morgan fingerprint density at radius 1 is 0.609 bits per heavy atom. The molecule has 0 aromatic carbocycles. The lowest BCUT2D eigenvalue weighted by atomic mass is 10.1. The summed E-state index contributed by atoms with van der Waals surface area (Å²) >= 11 is 0. The van der Waals surface area contributed by atoms with Crippen LogP contribution in [0.5, 0.6) is 0 Å². The highest BCUT2D eigenvalue weighted by Crippen LogP contribution is 2.16. The fraction of sp³-hybridized carbons (Fsp3) is 0.889. The number of nitrogens with zero attached hydrogens (tertiary/aromatic N) is 1. The smallest absolute Gasteiger partial charge is 0.414 e. The van der Waals surface area contributed by atoms with Gasteiger partial charge in [-0.3, -0.25) is 0 Å². The molecule has 0 atom stereocenters. The Morgan fingerprint density at radius 3 is 0.957 bits per heavy atom. The van der Waals surface area contributed by atoms with Crippen LogP contribution in [0.3, 0.4) is 0 Å². The summed E-state index contributed by atoms with van der Waals surface area (Å²) in [5.41, 5.74) is 0. The van der Waals surface area contributed by atoms with Crippen LogP contribution in [-0.4, -0.2) is 52.8 Å². The number of quaternary nitrogens is 1. The molecule has 0 aliphatic rings.